The van der Waals surface area contributed by atoms with E-state index in [1.54, 1.807) is 5.57 Å². The molecule has 0 amide bonds. The van der Waals surface area contributed by atoms with Crippen molar-refractivity contribution in [2.75, 3.05) is 0 Å². The van der Waals surface area contributed by atoms with Gasteiger partial charge in [-0.15, -0.1) is 0 Å². The summed E-state index contributed by atoms with van der Waals surface area (Å²) in [7, 11) is 0. The predicted molar refractivity (Wildman–Crippen MR) is 68.3 cm³/mol. The molecule has 0 nitrogen and oxygen atoms in total. The van der Waals surface area contributed by atoms with Crippen molar-refractivity contribution < 1.29 is 0 Å². The highest BCUT2D eigenvalue weighted by Crippen LogP contribution is 2.40. The highest BCUT2D eigenvalue weighted by atomic mass is 14.3. The van der Waals surface area contributed by atoms with E-state index in [0.29, 0.717) is 0 Å². The Kier molecular flexibility index (Phi) is 1.49. The summed E-state index contributed by atoms with van der Waals surface area (Å²) in [6, 6.07) is 13.3. The molecular formula is C16H12. The average Bonchev–Trinajstić information content (AvgIpc) is 2.86. The Balaban J connectivity index is 2.04. The molecule has 76 valence electrons. The van der Waals surface area contributed by atoms with E-state index in [9.17, 15) is 0 Å². The lowest BCUT2D eigenvalue weighted by atomic mass is 9.99. The summed E-state index contributed by atoms with van der Waals surface area (Å²) in [4.78, 5) is 0. The molecule has 2 aliphatic rings. The molecule has 2 aromatic carbocycles. The molecule has 0 saturated heterocycles. The molecule has 0 bridgehead atoms. The van der Waals surface area contributed by atoms with Gasteiger partial charge in [0.15, 0.2) is 0 Å². The Labute approximate surface area is 94.9 Å². The zero-order chi connectivity index (χ0) is 10.5. The number of hydrogen-bond acceptors (Lipinski definition) is 0. The maximum absolute atomic E-state index is 2.36. The minimum Gasteiger partial charge on any atom is -0.0798 e. The quantitative estimate of drug-likeness (QED) is 0.605. The lowest BCUT2D eigenvalue weighted by molar-refractivity contribution is 1.12. The van der Waals surface area contributed by atoms with Gasteiger partial charge in [0, 0.05) is 0 Å². The number of hydrogen-bond donors (Lipinski definition) is 0. The molecule has 2 aromatic rings. The van der Waals surface area contributed by atoms with Crippen molar-refractivity contribution >= 4 is 16.3 Å². The number of rotatable bonds is 0. The van der Waals surface area contributed by atoms with Gasteiger partial charge in [0.25, 0.3) is 0 Å². The molecule has 0 atom stereocenters. The minimum atomic E-state index is 1.15. The molecule has 0 unspecified atom stereocenters. The van der Waals surface area contributed by atoms with Crippen molar-refractivity contribution in [1.29, 1.82) is 0 Å². The largest absolute Gasteiger partial charge is 0.0798 e. The summed E-state index contributed by atoms with van der Waals surface area (Å²) in [5.41, 5.74) is 6.06. The molecule has 0 fully saturated rings. The third-order valence-corrected chi connectivity index (χ3v) is 3.70. The Bertz CT molecular complexity index is 657. The molecule has 0 heteroatoms. The monoisotopic (exact) mass is 204 g/mol. The van der Waals surface area contributed by atoms with Crippen molar-refractivity contribution in [3.05, 3.63) is 65.3 Å². The van der Waals surface area contributed by atoms with E-state index in [-0.39, 0.29) is 0 Å². The van der Waals surface area contributed by atoms with E-state index < -0.39 is 0 Å². The van der Waals surface area contributed by atoms with Crippen LogP contribution in [-0.4, -0.2) is 0 Å². The normalized spacial score (nSPS) is 17.0. The second-order valence-corrected chi connectivity index (χ2v) is 4.66. The van der Waals surface area contributed by atoms with E-state index >= 15 is 0 Å². The van der Waals surface area contributed by atoms with Crippen molar-refractivity contribution in [3.8, 4) is 0 Å². The number of benzene rings is 2. The third-order valence-electron chi connectivity index (χ3n) is 3.70. The lowest BCUT2D eigenvalue weighted by Crippen LogP contribution is -1.86. The van der Waals surface area contributed by atoms with Gasteiger partial charge >= 0.3 is 0 Å². The molecule has 16 heavy (non-hydrogen) atoms. The maximum atomic E-state index is 2.36. The standard InChI is InChI=1S/C16H12/c1-2-5-12-10-16-14(8-11(12)4-1)9-13-6-3-7-15(13)16/h1-5,7-8,10H,6,9H2. The van der Waals surface area contributed by atoms with Crippen LogP contribution in [0.2, 0.25) is 0 Å². The first-order chi connectivity index (χ1) is 7.92. The summed E-state index contributed by atoms with van der Waals surface area (Å²) in [5.74, 6) is 0. The van der Waals surface area contributed by atoms with Crippen LogP contribution >= 0.6 is 0 Å². The van der Waals surface area contributed by atoms with Gasteiger partial charge in [-0.2, -0.15) is 0 Å². The predicted octanol–water partition coefficient (Wildman–Crippen LogP) is 4.11. The van der Waals surface area contributed by atoms with Crippen LogP contribution in [0.3, 0.4) is 0 Å². The minimum absolute atomic E-state index is 1.15. The lowest BCUT2D eigenvalue weighted by Gasteiger charge is -2.05. The summed E-state index contributed by atoms with van der Waals surface area (Å²) in [6.45, 7) is 0. The molecule has 0 N–H and O–H groups in total. The molecule has 2 aliphatic carbocycles. The fourth-order valence-corrected chi connectivity index (χ4v) is 2.91. The van der Waals surface area contributed by atoms with Crippen LogP contribution in [0.15, 0.2) is 54.1 Å². The second kappa shape index (κ2) is 2.85. The molecule has 0 radical (unpaired) electrons. The van der Waals surface area contributed by atoms with Crippen molar-refractivity contribution in [2.24, 2.45) is 0 Å². The second-order valence-electron chi connectivity index (χ2n) is 4.66. The van der Waals surface area contributed by atoms with Crippen LogP contribution in [0, 0.1) is 0 Å². The van der Waals surface area contributed by atoms with E-state index in [0.717, 1.165) is 12.8 Å². The molecule has 0 heterocycles. The Morgan fingerprint density at radius 3 is 2.62 bits per heavy atom. The smallest absolute Gasteiger partial charge is 0.00484 e. The van der Waals surface area contributed by atoms with Gasteiger partial charge in [-0.1, -0.05) is 48.1 Å². The number of allylic oxidation sites excluding steroid dienone is 4. The summed E-state index contributed by atoms with van der Waals surface area (Å²) < 4.78 is 0. The van der Waals surface area contributed by atoms with Gasteiger partial charge in [-0.25, -0.2) is 0 Å². The first-order valence-corrected chi connectivity index (χ1v) is 5.82. The zero-order valence-electron chi connectivity index (χ0n) is 9.03. The molecule has 0 spiro atoms. The SMILES string of the molecule is C1=CC2=C(C1)Cc1cc3ccccc3cc12. The van der Waals surface area contributed by atoms with Crippen LogP contribution in [0.25, 0.3) is 16.3 Å². The molecular weight excluding hydrogens is 192 g/mol. The maximum Gasteiger partial charge on any atom is -0.00484 e. The van der Waals surface area contributed by atoms with Gasteiger partial charge < -0.3 is 0 Å². The van der Waals surface area contributed by atoms with Crippen molar-refractivity contribution in [2.45, 2.75) is 12.8 Å². The van der Waals surface area contributed by atoms with Gasteiger partial charge in [0.05, 0.1) is 0 Å². The van der Waals surface area contributed by atoms with E-state index in [2.05, 4.69) is 48.6 Å². The number of fused-ring (bicyclic) bond motifs is 3. The topological polar surface area (TPSA) is 0 Å². The Hall–Kier alpha value is -1.82. The van der Waals surface area contributed by atoms with Gasteiger partial charge in [0.1, 0.15) is 0 Å². The van der Waals surface area contributed by atoms with Gasteiger partial charge in [-0.3, -0.25) is 0 Å². The fourth-order valence-electron chi connectivity index (χ4n) is 2.91. The van der Waals surface area contributed by atoms with Crippen molar-refractivity contribution in [1.82, 2.24) is 0 Å². The van der Waals surface area contributed by atoms with Crippen LogP contribution < -0.4 is 0 Å². The highest BCUT2D eigenvalue weighted by Gasteiger charge is 2.21. The molecule has 4 rings (SSSR count). The van der Waals surface area contributed by atoms with E-state index in [1.807, 2.05) is 0 Å². The Morgan fingerprint density at radius 1 is 0.938 bits per heavy atom. The summed E-state index contributed by atoms with van der Waals surface area (Å²) in [6.07, 6.45) is 6.88. The van der Waals surface area contributed by atoms with Crippen molar-refractivity contribution in [3.63, 3.8) is 0 Å². The first-order valence-electron chi connectivity index (χ1n) is 5.82. The highest BCUT2D eigenvalue weighted by molar-refractivity contribution is 5.93. The Morgan fingerprint density at radius 2 is 1.75 bits per heavy atom. The molecule has 0 saturated carbocycles. The summed E-state index contributed by atoms with van der Waals surface area (Å²) >= 11 is 0. The van der Waals surface area contributed by atoms with Crippen LogP contribution in [-0.2, 0) is 6.42 Å². The zero-order valence-corrected chi connectivity index (χ0v) is 9.03. The van der Waals surface area contributed by atoms with Gasteiger partial charge in [-0.05, 0) is 46.4 Å². The molecule has 0 aliphatic heterocycles. The average molecular weight is 204 g/mol. The van der Waals surface area contributed by atoms with E-state index in [4.69, 9.17) is 0 Å². The van der Waals surface area contributed by atoms with Crippen LogP contribution in [0.4, 0.5) is 0 Å². The van der Waals surface area contributed by atoms with Crippen LogP contribution in [0.5, 0.6) is 0 Å². The first kappa shape index (κ1) is 8.35. The molecule has 0 aromatic heterocycles. The van der Waals surface area contributed by atoms with E-state index in [1.165, 1.54) is 27.5 Å². The fraction of sp³-hybridized carbons (Fsp3) is 0.125. The third kappa shape index (κ3) is 0.992. The summed E-state index contributed by atoms with van der Waals surface area (Å²) in [5, 5.41) is 2.72. The van der Waals surface area contributed by atoms with Gasteiger partial charge in [0.2, 0.25) is 0 Å². The van der Waals surface area contributed by atoms with Crippen LogP contribution in [0.1, 0.15) is 17.5 Å².